The second kappa shape index (κ2) is 8.34. The largest absolute Gasteiger partial charge is 0.0883 e. The Morgan fingerprint density at radius 3 is 2.23 bits per heavy atom. The minimum absolute atomic E-state index is 0.793. The second-order valence-corrected chi connectivity index (χ2v) is 4.24. The lowest BCUT2D eigenvalue weighted by molar-refractivity contribution is 0.452. The molecule has 0 fully saturated rings. The number of rotatable bonds is 7. The van der Waals surface area contributed by atoms with Gasteiger partial charge in [0.15, 0.2) is 0 Å². The van der Waals surface area contributed by atoms with Crippen LogP contribution in [0.4, 0.5) is 0 Å². The van der Waals surface area contributed by atoms with E-state index in [-0.39, 0.29) is 0 Å². The van der Waals surface area contributed by atoms with Gasteiger partial charge in [-0.2, -0.15) is 0 Å². The molecular formula is C13H26. The molecule has 0 rings (SSSR count). The van der Waals surface area contributed by atoms with Crippen molar-refractivity contribution in [2.45, 2.75) is 59.8 Å². The van der Waals surface area contributed by atoms with Crippen molar-refractivity contribution in [1.29, 1.82) is 0 Å². The van der Waals surface area contributed by atoms with E-state index in [1.165, 1.54) is 32.1 Å². The van der Waals surface area contributed by atoms with Crippen LogP contribution < -0.4 is 0 Å². The van der Waals surface area contributed by atoms with Gasteiger partial charge in [0.25, 0.3) is 0 Å². The zero-order valence-electron chi connectivity index (χ0n) is 9.84. The van der Waals surface area contributed by atoms with Gasteiger partial charge in [0, 0.05) is 0 Å². The van der Waals surface area contributed by atoms with Gasteiger partial charge in [-0.15, -0.1) is 0 Å². The Balaban J connectivity index is 3.55. The lowest BCUT2D eigenvalue weighted by Crippen LogP contribution is -2.03. The van der Waals surface area contributed by atoms with E-state index >= 15 is 0 Å². The summed E-state index contributed by atoms with van der Waals surface area (Å²) in [5.74, 6) is 1.59. The summed E-state index contributed by atoms with van der Waals surface area (Å²) in [5.41, 5.74) is 0. The first-order chi connectivity index (χ1) is 6.22. The van der Waals surface area contributed by atoms with Gasteiger partial charge in [-0.25, -0.2) is 0 Å². The van der Waals surface area contributed by atoms with Gasteiger partial charge in [-0.3, -0.25) is 0 Å². The first kappa shape index (κ1) is 12.7. The highest BCUT2D eigenvalue weighted by Crippen LogP contribution is 2.16. The number of hydrogen-bond donors (Lipinski definition) is 0. The van der Waals surface area contributed by atoms with Crippen LogP contribution >= 0.6 is 0 Å². The van der Waals surface area contributed by atoms with Crippen LogP contribution in [0.15, 0.2) is 12.2 Å². The van der Waals surface area contributed by atoms with Crippen molar-refractivity contribution in [2.75, 3.05) is 0 Å². The molecule has 0 aromatic carbocycles. The number of allylic oxidation sites excluding steroid dienone is 2. The van der Waals surface area contributed by atoms with Gasteiger partial charge in [-0.05, 0) is 31.1 Å². The molecule has 0 nitrogen and oxygen atoms in total. The smallest absolute Gasteiger partial charge is 0.0213 e. The van der Waals surface area contributed by atoms with Crippen molar-refractivity contribution in [3.63, 3.8) is 0 Å². The third-order valence-corrected chi connectivity index (χ3v) is 2.69. The molecule has 0 spiro atoms. The monoisotopic (exact) mass is 182 g/mol. The molecule has 0 aromatic heterocycles. The SMILES string of the molecule is CCCCC/C=C/C(CC)C(C)C. The predicted molar refractivity (Wildman–Crippen MR) is 61.9 cm³/mol. The summed E-state index contributed by atoms with van der Waals surface area (Å²) < 4.78 is 0. The third kappa shape index (κ3) is 6.86. The molecule has 1 atom stereocenters. The molecule has 0 saturated heterocycles. The Bertz CT molecular complexity index is 122. The van der Waals surface area contributed by atoms with E-state index in [4.69, 9.17) is 0 Å². The molecule has 78 valence electrons. The summed E-state index contributed by atoms with van der Waals surface area (Å²) in [7, 11) is 0. The Morgan fingerprint density at radius 1 is 1.08 bits per heavy atom. The lowest BCUT2D eigenvalue weighted by Gasteiger charge is -2.13. The van der Waals surface area contributed by atoms with E-state index < -0.39 is 0 Å². The Kier molecular flexibility index (Phi) is 8.18. The molecule has 0 heteroatoms. The van der Waals surface area contributed by atoms with Crippen LogP contribution in [0.1, 0.15) is 59.8 Å². The van der Waals surface area contributed by atoms with Gasteiger partial charge < -0.3 is 0 Å². The maximum atomic E-state index is 2.42. The minimum atomic E-state index is 0.793. The summed E-state index contributed by atoms with van der Waals surface area (Å²) in [5, 5.41) is 0. The van der Waals surface area contributed by atoms with Crippen LogP contribution in [-0.4, -0.2) is 0 Å². The van der Waals surface area contributed by atoms with Crippen molar-refractivity contribution in [3.05, 3.63) is 12.2 Å². The molecule has 1 unspecified atom stereocenters. The Labute approximate surface area is 84.4 Å². The van der Waals surface area contributed by atoms with Crippen LogP contribution in [0, 0.1) is 11.8 Å². The van der Waals surface area contributed by atoms with Crippen molar-refractivity contribution in [2.24, 2.45) is 11.8 Å². The van der Waals surface area contributed by atoms with Crippen LogP contribution in [0.3, 0.4) is 0 Å². The van der Waals surface area contributed by atoms with Crippen LogP contribution in [0.25, 0.3) is 0 Å². The zero-order chi connectivity index (χ0) is 10.1. The molecule has 0 heterocycles. The number of unbranched alkanes of at least 4 members (excludes halogenated alkanes) is 3. The molecule has 0 radical (unpaired) electrons. The molecule has 0 N–H and O–H groups in total. The first-order valence-electron chi connectivity index (χ1n) is 5.89. The van der Waals surface area contributed by atoms with E-state index in [9.17, 15) is 0 Å². The summed E-state index contributed by atoms with van der Waals surface area (Å²) in [6, 6.07) is 0. The fourth-order valence-electron chi connectivity index (χ4n) is 1.61. The van der Waals surface area contributed by atoms with Crippen LogP contribution in [0.2, 0.25) is 0 Å². The Morgan fingerprint density at radius 2 is 1.77 bits per heavy atom. The quantitative estimate of drug-likeness (QED) is 0.392. The van der Waals surface area contributed by atoms with Gasteiger partial charge in [0.05, 0.1) is 0 Å². The average Bonchev–Trinajstić information content (AvgIpc) is 2.10. The topological polar surface area (TPSA) is 0 Å². The summed E-state index contributed by atoms with van der Waals surface area (Å²) in [4.78, 5) is 0. The highest BCUT2D eigenvalue weighted by Gasteiger charge is 2.05. The molecule has 0 aromatic rings. The van der Waals surface area contributed by atoms with E-state index in [2.05, 4.69) is 39.8 Å². The molecule has 0 saturated carbocycles. The van der Waals surface area contributed by atoms with Gasteiger partial charge in [0.2, 0.25) is 0 Å². The lowest BCUT2D eigenvalue weighted by atomic mass is 9.92. The van der Waals surface area contributed by atoms with Crippen LogP contribution in [0.5, 0.6) is 0 Å². The zero-order valence-corrected chi connectivity index (χ0v) is 9.84. The molecule has 0 aliphatic carbocycles. The van der Waals surface area contributed by atoms with Crippen molar-refractivity contribution < 1.29 is 0 Å². The van der Waals surface area contributed by atoms with Gasteiger partial charge in [0.1, 0.15) is 0 Å². The normalized spacial score (nSPS) is 14.2. The molecular weight excluding hydrogens is 156 g/mol. The first-order valence-corrected chi connectivity index (χ1v) is 5.89. The maximum absolute atomic E-state index is 2.42. The third-order valence-electron chi connectivity index (χ3n) is 2.69. The van der Waals surface area contributed by atoms with Crippen molar-refractivity contribution >= 4 is 0 Å². The minimum Gasteiger partial charge on any atom is -0.0883 e. The number of hydrogen-bond acceptors (Lipinski definition) is 0. The molecule has 0 bridgehead atoms. The molecule has 0 amide bonds. The van der Waals surface area contributed by atoms with E-state index in [1.54, 1.807) is 0 Å². The summed E-state index contributed by atoms with van der Waals surface area (Å²) in [6.45, 7) is 9.16. The Hall–Kier alpha value is -0.260. The van der Waals surface area contributed by atoms with Crippen molar-refractivity contribution in [1.82, 2.24) is 0 Å². The van der Waals surface area contributed by atoms with E-state index in [0.29, 0.717) is 0 Å². The predicted octanol–water partition coefficient (Wildman–Crippen LogP) is 4.81. The van der Waals surface area contributed by atoms with E-state index in [1.807, 2.05) is 0 Å². The summed E-state index contributed by atoms with van der Waals surface area (Å²) in [6.07, 6.45) is 11.4. The highest BCUT2D eigenvalue weighted by atomic mass is 14.1. The van der Waals surface area contributed by atoms with E-state index in [0.717, 1.165) is 11.8 Å². The molecule has 13 heavy (non-hydrogen) atoms. The van der Waals surface area contributed by atoms with Crippen LogP contribution in [-0.2, 0) is 0 Å². The van der Waals surface area contributed by atoms with Gasteiger partial charge in [-0.1, -0.05) is 52.7 Å². The second-order valence-electron chi connectivity index (χ2n) is 4.24. The van der Waals surface area contributed by atoms with Crippen molar-refractivity contribution in [3.8, 4) is 0 Å². The van der Waals surface area contributed by atoms with Gasteiger partial charge >= 0.3 is 0 Å². The molecule has 0 aliphatic rings. The molecule has 0 aliphatic heterocycles. The summed E-state index contributed by atoms with van der Waals surface area (Å²) >= 11 is 0. The highest BCUT2D eigenvalue weighted by molar-refractivity contribution is 4.89. The standard InChI is InChI=1S/C13H26/c1-5-7-8-9-10-11-13(6-2)12(3)4/h10-13H,5-9H2,1-4H3/b11-10+. The average molecular weight is 182 g/mol. The fourth-order valence-corrected chi connectivity index (χ4v) is 1.61. The fraction of sp³-hybridized carbons (Fsp3) is 0.846. The maximum Gasteiger partial charge on any atom is -0.0213 e.